The fraction of sp³-hybridized carbons (Fsp3) is 0.250. The molecule has 0 aliphatic carbocycles. The SMILES string of the molecule is Cn1ncc(C(=O)NCCc2ccccn2)c1N. The number of anilines is 1. The molecule has 0 bridgehead atoms. The van der Waals surface area contributed by atoms with E-state index in [0.29, 0.717) is 24.3 Å². The van der Waals surface area contributed by atoms with E-state index in [1.54, 1.807) is 13.2 Å². The molecule has 2 aromatic rings. The number of nitrogens with one attached hydrogen (secondary N) is 1. The second-order valence-corrected chi connectivity index (χ2v) is 3.89. The van der Waals surface area contributed by atoms with Crippen LogP contribution in [0.3, 0.4) is 0 Å². The number of amides is 1. The van der Waals surface area contributed by atoms with Gasteiger partial charge in [-0.25, -0.2) is 0 Å². The summed E-state index contributed by atoms with van der Waals surface area (Å²) in [6.07, 6.45) is 3.88. The fourth-order valence-electron chi connectivity index (χ4n) is 1.57. The number of rotatable bonds is 4. The number of nitrogen functional groups attached to an aromatic ring is 1. The Labute approximate surface area is 105 Å². The van der Waals surface area contributed by atoms with Crippen molar-refractivity contribution in [2.24, 2.45) is 7.05 Å². The molecule has 94 valence electrons. The van der Waals surface area contributed by atoms with E-state index in [4.69, 9.17) is 5.73 Å². The Balaban J connectivity index is 1.88. The van der Waals surface area contributed by atoms with Gasteiger partial charge in [-0.1, -0.05) is 6.07 Å². The summed E-state index contributed by atoms with van der Waals surface area (Å²) in [6.45, 7) is 0.518. The highest BCUT2D eigenvalue weighted by molar-refractivity contribution is 5.98. The third kappa shape index (κ3) is 2.65. The fourth-order valence-corrected chi connectivity index (χ4v) is 1.57. The predicted molar refractivity (Wildman–Crippen MR) is 67.9 cm³/mol. The Morgan fingerprint density at radius 1 is 1.50 bits per heavy atom. The summed E-state index contributed by atoms with van der Waals surface area (Å²) in [5.41, 5.74) is 7.06. The molecule has 3 N–H and O–H groups in total. The molecule has 0 saturated carbocycles. The van der Waals surface area contributed by atoms with Crippen LogP contribution in [0.2, 0.25) is 0 Å². The molecule has 6 heteroatoms. The Kier molecular flexibility index (Phi) is 3.57. The van der Waals surface area contributed by atoms with Crippen molar-refractivity contribution in [3.05, 3.63) is 41.9 Å². The molecule has 0 radical (unpaired) electrons. The van der Waals surface area contributed by atoms with Crippen LogP contribution in [0.15, 0.2) is 30.6 Å². The molecule has 2 aromatic heterocycles. The minimum absolute atomic E-state index is 0.212. The molecular formula is C12H15N5O. The van der Waals surface area contributed by atoms with Gasteiger partial charge in [-0.3, -0.25) is 14.5 Å². The summed E-state index contributed by atoms with van der Waals surface area (Å²) in [5.74, 6) is 0.155. The van der Waals surface area contributed by atoms with E-state index in [2.05, 4.69) is 15.4 Å². The molecule has 6 nitrogen and oxygen atoms in total. The Hall–Kier alpha value is -2.37. The van der Waals surface area contributed by atoms with Crippen LogP contribution in [0.4, 0.5) is 5.82 Å². The third-order valence-electron chi connectivity index (χ3n) is 2.62. The number of carbonyl (C=O) groups is 1. The summed E-state index contributed by atoms with van der Waals surface area (Å²) >= 11 is 0. The van der Waals surface area contributed by atoms with E-state index in [0.717, 1.165) is 5.69 Å². The molecule has 18 heavy (non-hydrogen) atoms. The summed E-state index contributed by atoms with van der Waals surface area (Å²) in [5, 5.41) is 6.71. The van der Waals surface area contributed by atoms with Crippen LogP contribution in [0, 0.1) is 0 Å². The first-order valence-electron chi connectivity index (χ1n) is 5.64. The lowest BCUT2D eigenvalue weighted by atomic mass is 10.2. The first-order valence-corrected chi connectivity index (χ1v) is 5.64. The number of nitrogens with two attached hydrogens (primary N) is 1. The van der Waals surface area contributed by atoms with Crippen molar-refractivity contribution < 1.29 is 4.79 Å². The number of aryl methyl sites for hydroxylation is 1. The van der Waals surface area contributed by atoms with Crippen LogP contribution in [0.1, 0.15) is 16.1 Å². The number of hydrogen-bond acceptors (Lipinski definition) is 4. The normalized spacial score (nSPS) is 10.3. The molecule has 0 fully saturated rings. The van der Waals surface area contributed by atoms with Crippen LogP contribution < -0.4 is 11.1 Å². The molecule has 0 spiro atoms. The first-order chi connectivity index (χ1) is 8.68. The summed E-state index contributed by atoms with van der Waals surface area (Å²) < 4.78 is 1.47. The summed E-state index contributed by atoms with van der Waals surface area (Å²) in [6, 6.07) is 5.70. The second-order valence-electron chi connectivity index (χ2n) is 3.89. The quantitative estimate of drug-likeness (QED) is 0.814. The topological polar surface area (TPSA) is 85.8 Å². The minimum atomic E-state index is -0.212. The monoisotopic (exact) mass is 245 g/mol. The number of carbonyl (C=O) groups excluding carboxylic acids is 1. The molecule has 0 aliphatic rings. The first kappa shape index (κ1) is 12.1. The smallest absolute Gasteiger partial charge is 0.256 e. The van der Waals surface area contributed by atoms with E-state index >= 15 is 0 Å². The minimum Gasteiger partial charge on any atom is -0.383 e. The van der Waals surface area contributed by atoms with Gasteiger partial charge in [0, 0.05) is 31.9 Å². The van der Waals surface area contributed by atoms with Crippen molar-refractivity contribution >= 4 is 11.7 Å². The second kappa shape index (κ2) is 5.31. The Morgan fingerprint density at radius 2 is 2.33 bits per heavy atom. The van der Waals surface area contributed by atoms with Gasteiger partial charge in [0.25, 0.3) is 5.91 Å². The molecular weight excluding hydrogens is 230 g/mol. The van der Waals surface area contributed by atoms with Crippen molar-refractivity contribution in [2.75, 3.05) is 12.3 Å². The van der Waals surface area contributed by atoms with Gasteiger partial charge in [0.1, 0.15) is 11.4 Å². The van der Waals surface area contributed by atoms with E-state index in [9.17, 15) is 4.79 Å². The Bertz CT molecular complexity index is 535. The molecule has 0 unspecified atom stereocenters. The highest BCUT2D eigenvalue weighted by atomic mass is 16.1. The van der Waals surface area contributed by atoms with Crippen molar-refractivity contribution in [1.82, 2.24) is 20.1 Å². The van der Waals surface area contributed by atoms with Crippen LogP contribution in [0.5, 0.6) is 0 Å². The third-order valence-corrected chi connectivity index (χ3v) is 2.62. The van der Waals surface area contributed by atoms with Crippen molar-refractivity contribution in [3.8, 4) is 0 Å². The maximum absolute atomic E-state index is 11.8. The number of hydrogen-bond donors (Lipinski definition) is 2. The van der Waals surface area contributed by atoms with Gasteiger partial charge in [-0.2, -0.15) is 5.10 Å². The van der Waals surface area contributed by atoms with Crippen LogP contribution in [-0.2, 0) is 13.5 Å². The average molecular weight is 245 g/mol. The van der Waals surface area contributed by atoms with Gasteiger partial charge in [0.15, 0.2) is 0 Å². The molecule has 2 heterocycles. The lowest BCUT2D eigenvalue weighted by Gasteiger charge is -2.04. The van der Waals surface area contributed by atoms with Gasteiger partial charge in [0.05, 0.1) is 6.20 Å². The van der Waals surface area contributed by atoms with Crippen molar-refractivity contribution in [3.63, 3.8) is 0 Å². The maximum Gasteiger partial charge on any atom is 0.256 e. The van der Waals surface area contributed by atoms with Gasteiger partial charge < -0.3 is 11.1 Å². The molecule has 0 atom stereocenters. The number of nitrogens with zero attached hydrogens (tertiary/aromatic N) is 3. The van der Waals surface area contributed by atoms with E-state index < -0.39 is 0 Å². The zero-order valence-corrected chi connectivity index (χ0v) is 10.1. The molecule has 0 saturated heterocycles. The predicted octanol–water partition coefficient (Wildman–Crippen LogP) is 0.370. The van der Waals surface area contributed by atoms with Crippen LogP contribution in [-0.4, -0.2) is 27.2 Å². The number of aromatic nitrogens is 3. The van der Waals surface area contributed by atoms with Crippen LogP contribution in [0.25, 0.3) is 0 Å². The zero-order valence-electron chi connectivity index (χ0n) is 10.1. The molecule has 0 aromatic carbocycles. The standard InChI is InChI=1S/C12H15N5O/c1-17-11(13)10(8-16-17)12(18)15-7-5-9-4-2-3-6-14-9/h2-4,6,8H,5,7,13H2,1H3,(H,15,18). The van der Waals surface area contributed by atoms with E-state index in [1.165, 1.54) is 10.9 Å². The van der Waals surface area contributed by atoms with Crippen molar-refractivity contribution in [1.29, 1.82) is 0 Å². The van der Waals surface area contributed by atoms with Gasteiger partial charge in [-0.05, 0) is 12.1 Å². The summed E-state index contributed by atoms with van der Waals surface area (Å²) in [7, 11) is 1.69. The summed E-state index contributed by atoms with van der Waals surface area (Å²) in [4.78, 5) is 16.0. The average Bonchev–Trinajstić information content (AvgIpc) is 2.71. The van der Waals surface area contributed by atoms with E-state index in [-0.39, 0.29) is 5.91 Å². The van der Waals surface area contributed by atoms with Crippen LogP contribution >= 0.6 is 0 Å². The van der Waals surface area contributed by atoms with Gasteiger partial charge in [0.2, 0.25) is 0 Å². The van der Waals surface area contributed by atoms with Gasteiger partial charge >= 0.3 is 0 Å². The lowest BCUT2D eigenvalue weighted by molar-refractivity contribution is 0.0955. The molecule has 0 aliphatic heterocycles. The lowest BCUT2D eigenvalue weighted by Crippen LogP contribution is -2.26. The zero-order chi connectivity index (χ0) is 13.0. The van der Waals surface area contributed by atoms with E-state index in [1.807, 2.05) is 18.2 Å². The Morgan fingerprint density at radius 3 is 2.94 bits per heavy atom. The molecule has 2 rings (SSSR count). The molecule has 1 amide bonds. The highest BCUT2D eigenvalue weighted by Gasteiger charge is 2.12. The largest absolute Gasteiger partial charge is 0.383 e. The number of pyridine rings is 1. The van der Waals surface area contributed by atoms with Crippen molar-refractivity contribution in [2.45, 2.75) is 6.42 Å². The van der Waals surface area contributed by atoms with Gasteiger partial charge in [-0.15, -0.1) is 0 Å². The maximum atomic E-state index is 11.8. The highest BCUT2D eigenvalue weighted by Crippen LogP contribution is 2.08.